The summed E-state index contributed by atoms with van der Waals surface area (Å²) in [4.78, 5) is 3.04. The molecule has 0 amide bonds. The van der Waals surface area contributed by atoms with Gasteiger partial charge in [0.15, 0.2) is 4.77 Å². The third-order valence-corrected chi connectivity index (χ3v) is 4.62. The lowest BCUT2D eigenvalue weighted by molar-refractivity contribution is 0.621. The molecule has 0 aliphatic rings. The van der Waals surface area contributed by atoms with Crippen LogP contribution in [0.3, 0.4) is 0 Å². The minimum absolute atomic E-state index is 0.0117. The Labute approximate surface area is 139 Å². The van der Waals surface area contributed by atoms with Gasteiger partial charge in [-0.3, -0.25) is 0 Å². The fourth-order valence-electron chi connectivity index (χ4n) is 2.42. The van der Waals surface area contributed by atoms with Gasteiger partial charge in [0.2, 0.25) is 0 Å². The van der Waals surface area contributed by atoms with E-state index in [1.165, 1.54) is 6.07 Å². The van der Waals surface area contributed by atoms with Crippen molar-refractivity contribution >= 4 is 50.8 Å². The molecule has 3 rings (SSSR count). The van der Waals surface area contributed by atoms with E-state index >= 15 is 0 Å². The van der Waals surface area contributed by atoms with Crippen LogP contribution in [0.25, 0.3) is 11.0 Å². The molecule has 1 atom stereocenters. The van der Waals surface area contributed by atoms with Gasteiger partial charge >= 0.3 is 0 Å². The number of rotatable bonds is 2. The number of aromatic nitrogens is 2. The number of H-pyrrole nitrogens is 1. The molecule has 2 nitrogen and oxygen atoms in total. The highest BCUT2D eigenvalue weighted by Crippen LogP contribution is 2.29. The zero-order chi connectivity index (χ0) is 15.1. The van der Waals surface area contributed by atoms with Crippen LogP contribution in [-0.2, 0) is 0 Å². The number of nitrogens with zero attached hydrogens (tertiary/aromatic N) is 1. The first kappa shape index (κ1) is 14.8. The third-order valence-electron chi connectivity index (χ3n) is 3.48. The Morgan fingerprint density at radius 3 is 2.81 bits per heavy atom. The Hall–Kier alpha value is -1.17. The molecule has 0 fully saturated rings. The first-order valence-corrected chi connectivity index (χ1v) is 7.90. The molecule has 0 spiro atoms. The summed E-state index contributed by atoms with van der Waals surface area (Å²) in [6, 6.07) is 10.8. The van der Waals surface area contributed by atoms with Crippen LogP contribution in [0.1, 0.15) is 18.5 Å². The number of imidazole rings is 1. The van der Waals surface area contributed by atoms with Gasteiger partial charge < -0.3 is 9.55 Å². The minimum atomic E-state index is -0.318. The van der Waals surface area contributed by atoms with Crippen LogP contribution in [0, 0.1) is 10.6 Å². The maximum absolute atomic E-state index is 13.6. The summed E-state index contributed by atoms with van der Waals surface area (Å²) in [5, 5.41) is 0.679. The molecule has 0 radical (unpaired) electrons. The van der Waals surface area contributed by atoms with Crippen molar-refractivity contribution in [3.05, 3.63) is 62.0 Å². The molecule has 2 aromatic carbocycles. The van der Waals surface area contributed by atoms with E-state index in [4.69, 9.17) is 23.8 Å². The summed E-state index contributed by atoms with van der Waals surface area (Å²) >= 11 is 14.7. The zero-order valence-corrected chi connectivity index (χ0v) is 14.2. The van der Waals surface area contributed by atoms with Crippen molar-refractivity contribution in [3.63, 3.8) is 0 Å². The van der Waals surface area contributed by atoms with E-state index in [2.05, 4.69) is 20.9 Å². The molecule has 0 aliphatic heterocycles. The lowest BCUT2D eigenvalue weighted by Gasteiger charge is -2.15. The van der Waals surface area contributed by atoms with Gasteiger partial charge in [-0.1, -0.05) is 23.7 Å². The Balaban J connectivity index is 2.22. The van der Waals surface area contributed by atoms with Gasteiger partial charge in [0, 0.05) is 11.1 Å². The van der Waals surface area contributed by atoms with Crippen LogP contribution in [0.2, 0.25) is 5.02 Å². The van der Waals surface area contributed by atoms with Crippen LogP contribution in [0.15, 0.2) is 40.9 Å². The van der Waals surface area contributed by atoms with E-state index in [-0.39, 0.29) is 11.9 Å². The van der Waals surface area contributed by atoms with Gasteiger partial charge in [0.25, 0.3) is 0 Å². The SMILES string of the molecule is CC(c1cccc(Cl)c1)n1c(=S)[nH]c2cc(F)c(Br)cc21. The molecule has 1 aromatic heterocycles. The molecule has 0 bridgehead atoms. The summed E-state index contributed by atoms with van der Waals surface area (Å²) in [6.07, 6.45) is 0. The number of aromatic amines is 1. The molecular formula is C15H11BrClFN2S. The minimum Gasteiger partial charge on any atom is -0.330 e. The van der Waals surface area contributed by atoms with E-state index in [0.717, 1.165) is 11.1 Å². The highest BCUT2D eigenvalue weighted by atomic mass is 79.9. The third kappa shape index (κ3) is 2.65. The molecule has 1 N–H and O–H groups in total. The predicted molar refractivity (Wildman–Crippen MR) is 90.0 cm³/mol. The molecule has 6 heteroatoms. The maximum Gasteiger partial charge on any atom is 0.178 e. The second-order valence-corrected chi connectivity index (χ2v) is 6.49. The molecule has 1 heterocycles. The Morgan fingerprint density at radius 2 is 2.10 bits per heavy atom. The van der Waals surface area contributed by atoms with Crippen LogP contribution in [0.4, 0.5) is 4.39 Å². The number of hydrogen-bond acceptors (Lipinski definition) is 1. The summed E-state index contributed by atoms with van der Waals surface area (Å²) in [6.45, 7) is 2.03. The Morgan fingerprint density at radius 1 is 1.33 bits per heavy atom. The quantitative estimate of drug-likeness (QED) is 0.548. The van der Waals surface area contributed by atoms with Crippen molar-refractivity contribution in [2.24, 2.45) is 0 Å². The predicted octanol–water partition coefficient (Wildman–Crippen LogP) is 5.86. The summed E-state index contributed by atoms with van der Waals surface area (Å²) in [7, 11) is 0. The van der Waals surface area contributed by atoms with E-state index in [9.17, 15) is 4.39 Å². The average Bonchev–Trinajstić information content (AvgIpc) is 2.74. The van der Waals surface area contributed by atoms with Gasteiger partial charge in [0.1, 0.15) is 5.82 Å². The normalized spacial score (nSPS) is 12.8. The van der Waals surface area contributed by atoms with Crippen molar-refractivity contribution < 1.29 is 4.39 Å². The van der Waals surface area contributed by atoms with E-state index in [1.54, 1.807) is 6.07 Å². The number of benzene rings is 2. The van der Waals surface area contributed by atoms with Gasteiger partial charge in [-0.05, 0) is 58.8 Å². The number of nitrogens with one attached hydrogen (secondary N) is 1. The van der Waals surface area contributed by atoms with Crippen LogP contribution in [0.5, 0.6) is 0 Å². The van der Waals surface area contributed by atoms with Gasteiger partial charge in [-0.2, -0.15) is 0 Å². The zero-order valence-electron chi connectivity index (χ0n) is 11.0. The number of halogens is 3. The van der Waals surface area contributed by atoms with Crippen molar-refractivity contribution in [3.8, 4) is 0 Å². The smallest absolute Gasteiger partial charge is 0.178 e. The number of hydrogen-bond donors (Lipinski definition) is 1. The summed E-state index contributed by atoms with van der Waals surface area (Å²) < 4.78 is 16.6. The van der Waals surface area contributed by atoms with Crippen molar-refractivity contribution in [1.82, 2.24) is 9.55 Å². The lowest BCUT2D eigenvalue weighted by atomic mass is 10.1. The standard InChI is InChI=1S/C15H11BrClFN2S/c1-8(9-3-2-4-10(17)5-9)20-14-6-11(16)12(18)7-13(14)19-15(20)21/h2-8H,1H3,(H,19,21). The summed E-state index contributed by atoms with van der Waals surface area (Å²) in [5.74, 6) is -0.318. The second-order valence-electron chi connectivity index (χ2n) is 4.81. The van der Waals surface area contributed by atoms with Crippen molar-refractivity contribution in [2.45, 2.75) is 13.0 Å². The fourth-order valence-corrected chi connectivity index (χ4v) is 3.32. The Bertz CT molecular complexity index is 887. The van der Waals surface area contributed by atoms with E-state index in [1.807, 2.05) is 35.8 Å². The molecule has 108 valence electrons. The van der Waals surface area contributed by atoms with Gasteiger partial charge in [0.05, 0.1) is 21.5 Å². The van der Waals surface area contributed by atoms with Gasteiger partial charge in [-0.15, -0.1) is 0 Å². The van der Waals surface area contributed by atoms with Gasteiger partial charge in [-0.25, -0.2) is 4.39 Å². The highest BCUT2D eigenvalue weighted by Gasteiger charge is 2.15. The second kappa shape index (κ2) is 5.55. The first-order chi connectivity index (χ1) is 9.97. The fraction of sp³-hybridized carbons (Fsp3) is 0.133. The highest BCUT2D eigenvalue weighted by molar-refractivity contribution is 9.10. The van der Waals surface area contributed by atoms with Crippen LogP contribution >= 0.6 is 39.7 Å². The Kier molecular flexibility index (Phi) is 3.90. The molecule has 0 saturated carbocycles. The molecular weight excluding hydrogens is 375 g/mol. The van der Waals surface area contributed by atoms with Crippen LogP contribution < -0.4 is 0 Å². The van der Waals surface area contributed by atoms with Crippen molar-refractivity contribution in [1.29, 1.82) is 0 Å². The molecule has 0 aliphatic carbocycles. The molecule has 21 heavy (non-hydrogen) atoms. The largest absolute Gasteiger partial charge is 0.330 e. The van der Waals surface area contributed by atoms with E-state index in [0.29, 0.717) is 19.8 Å². The number of fused-ring (bicyclic) bond motifs is 1. The monoisotopic (exact) mass is 384 g/mol. The average molecular weight is 386 g/mol. The molecule has 1 unspecified atom stereocenters. The topological polar surface area (TPSA) is 20.7 Å². The van der Waals surface area contributed by atoms with Crippen molar-refractivity contribution in [2.75, 3.05) is 0 Å². The summed E-state index contributed by atoms with van der Waals surface area (Å²) in [5.41, 5.74) is 2.57. The first-order valence-electron chi connectivity index (χ1n) is 6.32. The van der Waals surface area contributed by atoms with E-state index < -0.39 is 0 Å². The molecule has 0 saturated heterocycles. The lowest BCUT2D eigenvalue weighted by Crippen LogP contribution is -2.06. The molecule has 3 aromatic rings. The maximum atomic E-state index is 13.6. The van der Waals surface area contributed by atoms with Crippen LogP contribution in [-0.4, -0.2) is 9.55 Å².